The van der Waals surface area contributed by atoms with Crippen LogP contribution in [0.3, 0.4) is 0 Å². The fraction of sp³-hybridized carbons (Fsp3) is 0.643. The van der Waals surface area contributed by atoms with Crippen LogP contribution in [0, 0.1) is 5.92 Å². The fourth-order valence-corrected chi connectivity index (χ4v) is 4.02. The Morgan fingerprint density at radius 2 is 2.15 bits per heavy atom. The van der Waals surface area contributed by atoms with Gasteiger partial charge in [-0.2, -0.15) is 4.31 Å². The summed E-state index contributed by atoms with van der Waals surface area (Å²) < 4.78 is 27.4. The Labute approximate surface area is 121 Å². The molecule has 1 fully saturated rings. The lowest BCUT2D eigenvalue weighted by molar-refractivity contribution is 0.342. The normalized spacial score (nSPS) is 15.8. The predicted octanol–water partition coefficient (Wildman–Crippen LogP) is 2.32. The van der Waals surface area contributed by atoms with Gasteiger partial charge in [0.1, 0.15) is 4.90 Å². The molecule has 1 aromatic rings. The number of anilines is 1. The zero-order valence-electron chi connectivity index (χ0n) is 12.3. The quantitative estimate of drug-likeness (QED) is 0.839. The summed E-state index contributed by atoms with van der Waals surface area (Å²) in [6.45, 7) is 7.07. The van der Waals surface area contributed by atoms with Crippen LogP contribution in [0.1, 0.15) is 33.6 Å². The molecule has 0 unspecified atom stereocenters. The van der Waals surface area contributed by atoms with Crippen molar-refractivity contribution < 1.29 is 8.42 Å². The van der Waals surface area contributed by atoms with Crippen LogP contribution in [0.2, 0.25) is 0 Å². The third kappa shape index (κ3) is 3.30. The molecule has 0 amide bonds. The zero-order valence-corrected chi connectivity index (χ0v) is 13.2. The van der Waals surface area contributed by atoms with Crippen molar-refractivity contribution in [2.45, 2.75) is 44.6 Å². The van der Waals surface area contributed by atoms with Gasteiger partial charge in [0.25, 0.3) is 0 Å². The molecular weight excluding hydrogens is 274 g/mol. The summed E-state index contributed by atoms with van der Waals surface area (Å²) in [7, 11) is -3.50. The van der Waals surface area contributed by atoms with E-state index in [-0.39, 0.29) is 10.9 Å². The first kappa shape index (κ1) is 15.3. The number of hydrogen-bond donors (Lipinski definition) is 1. The molecule has 6 heteroatoms. The smallest absolute Gasteiger partial charge is 0.246 e. The van der Waals surface area contributed by atoms with Crippen LogP contribution in [-0.2, 0) is 10.0 Å². The van der Waals surface area contributed by atoms with Gasteiger partial charge in [-0.05, 0) is 45.6 Å². The van der Waals surface area contributed by atoms with Crippen LogP contribution in [0.15, 0.2) is 23.4 Å². The molecule has 0 spiro atoms. The lowest BCUT2D eigenvalue weighted by atomic mass is 10.3. The molecule has 0 atom stereocenters. The minimum atomic E-state index is -3.50. The molecule has 5 nitrogen and oxygen atoms in total. The van der Waals surface area contributed by atoms with Gasteiger partial charge in [-0.15, -0.1) is 0 Å². The number of hydrogen-bond acceptors (Lipinski definition) is 4. The lowest BCUT2D eigenvalue weighted by Gasteiger charge is -2.26. The molecule has 1 heterocycles. The number of nitrogens with zero attached hydrogens (tertiary/aromatic N) is 2. The molecular formula is C14H23N3O2S. The topological polar surface area (TPSA) is 62.3 Å². The highest BCUT2D eigenvalue weighted by Gasteiger charge is 2.34. The summed E-state index contributed by atoms with van der Waals surface area (Å²) in [5.41, 5.74) is 0.629. The Balaban J connectivity index is 2.36. The van der Waals surface area contributed by atoms with E-state index in [1.807, 2.05) is 20.8 Å². The molecule has 20 heavy (non-hydrogen) atoms. The van der Waals surface area contributed by atoms with Crippen molar-refractivity contribution >= 4 is 15.7 Å². The van der Waals surface area contributed by atoms with Crippen LogP contribution < -0.4 is 5.32 Å². The molecule has 0 aromatic carbocycles. The maximum atomic E-state index is 12.9. The van der Waals surface area contributed by atoms with Crippen molar-refractivity contribution in [3.8, 4) is 0 Å². The minimum absolute atomic E-state index is 0.0460. The van der Waals surface area contributed by atoms with Crippen molar-refractivity contribution in [3.63, 3.8) is 0 Å². The Bertz CT molecular complexity index is 553. The number of sulfonamides is 1. The van der Waals surface area contributed by atoms with E-state index in [0.29, 0.717) is 24.7 Å². The Morgan fingerprint density at radius 3 is 2.70 bits per heavy atom. The van der Waals surface area contributed by atoms with Crippen molar-refractivity contribution in [1.29, 1.82) is 0 Å². The fourth-order valence-electron chi connectivity index (χ4n) is 2.19. The first-order valence-electron chi connectivity index (χ1n) is 7.16. The summed E-state index contributed by atoms with van der Waals surface area (Å²) in [6, 6.07) is 1.67. The Hall–Kier alpha value is -1.14. The van der Waals surface area contributed by atoms with Gasteiger partial charge in [0.2, 0.25) is 10.0 Å². The lowest BCUT2D eigenvalue weighted by Crippen LogP contribution is -2.38. The molecule has 0 saturated heterocycles. The summed E-state index contributed by atoms with van der Waals surface area (Å²) in [6.07, 6.45) is 5.31. The predicted molar refractivity (Wildman–Crippen MR) is 80.2 cm³/mol. The van der Waals surface area contributed by atoms with Crippen molar-refractivity contribution in [3.05, 3.63) is 18.5 Å². The van der Waals surface area contributed by atoms with Crippen LogP contribution >= 0.6 is 0 Å². The highest BCUT2D eigenvalue weighted by molar-refractivity contribution is 7.89. The zero-order chi connectivity index (χ0) is 14.8. The van der Waals surface area contributed by atoms with E-state index in [0.717, 1.165) is 12.8 Å². The second-order valence-electron chi connectivity index (χ2n) is 5.51. The van der Waals surface area contributed by atoms with Crippen LogP contribution in [0.25, 0.3) is 0 Å². The van der Waals surface area contributed by atoms with Gasteiger partial charge < -0.3 is 5.32 Å². The largest absolute Gasteiger partial charge is 0.384 e. The van der Waals surface area contributed by atoms with Gasteiger partial charge >= 0.3 is 0 Å². The van der Waals surface area contributed by atoms with Gasteiger partial charge in [0, 0.05) is 31.5 Å². The van der Waals surface area contributed by atoms with Gasteiger partial charge in [-0.25, -0.2) is 8.42 Å². The van der Waals surface area contributed by atoms with Gasteiger partial charge in [0.05, 0.1) is 5.69 Å². The first-order chi connectivity index (χ1) is 9.46. The summed E-state index contributed by atoms with van der Waals surface area (Å²) in [4.78, 5) is 4.26. The average molecular weight is 297 g/mol. The molecule has 1 aliphatic carbocycles. The summed E-state index contributed by atoms with van der Waals surface area (Å²) in [5.74, 6) is 0.520. The first-order valence-corrected chi connectivity index (χ1v) is 8.60. The van der Waals surface area contributed by atoms with Crippen LogP contribution in [-0.4, -0.2) is 36.8 Å². The van der Waals surface area contributed by atoms with Crippen molar-refractivity contribution in [2.24, 2.45) is 5.92 Å². The summed E-state index contributed by atoms with van der Waals surface area (Å²) >= 11 is 0. The molecule has 1 aliphatic rings. The van der Waals surface area contributed by atoms with Crippen molar-refractivity contribution in [1.82, 2.24) is 9.29 Å². The molecule has 0 aliphatic heterocycles. The van der Waals surface area contributed by atoms with E-state index < -0.39 is 10.0 Å². The SMILES string of the molecule is CCNc1ccncc1S(=O)(=O)N(CC1CC1)C(C)C. The average Bonchev–Trinajstić information content (AvgIpc) is 3.20. The number of pyridine rings is 1. The minimum Gasteiger partial charge on any atom is -0.384 e. The standard InChI is InChI=1S/C14H23N3O2S/c1-4-16-13-7-8-15-9-14(13)20(18,19)17(11(2)3)10-12-5-6-12/h7-9,11-12H,4-6,10H2,1-3H3,(H,15,16). The third-order valence-electron chi connectivity index (χ3n) is 3.45. The monoisotopic (exact) mass is 297 g/mol. The van der Waals surface area contributed by atoms with E-state index >= 15 is 0 Å². The van der Waals surface area contributed by atoms with Crippen LogP contribution in [0.4, 0.5) is 5.69 Å². The maximum absolute atomic E-state index is 12.9. The van der Waals surface area contributed by atoms with E-state index in [1.54, 1.807) is 16.6 Å². The second kappa shape index (κ2) is 6.10. The van der Waals surface area contributed by atoms with E-state index in [4.69, 9.17) is 0 Å². The third-order valence-corrected chi connectivity index (χ3v) is 5.52. The maximum Gasteiger partial charge on any atom is 0.246 e. The molecule has 0 radical (unpaired) electrons. The number of nitrogens with one attached hydrogen (secondary N) is 1. The molecule has 1 saturated carbocycles. The number of rotatable bonds is 7. The van der Waals surface area contributed by atoms with E-state index in [2.05, 4.69) is 10.3 Å². The van der Waals surface area contributed by atoms with Crippen LogP contribution in [0.5, 0.6) is 0 Å². The highest BCUT2D eigenvalue weighted by Crippen LogP contribution is 2.33. The van der Waals surface area contributed by atoms with Gasteiger partial charge in [-0.1, -0.05) is 0 Å². The summed E-state index contributed by atoms with van der Waals surface area (Å²) in [5, 5.41) is 3.10. The van der Waals surface area contributed by atoms with Crippen molar-refractivity contribution in [2.75, 3.05) is 18.4 Å². The Kier molecular flexibility index (Phi) is 4.65. The van der Waals surface area contributed by atoms with E-state index in [1.165, 1.54) is 6.20 Å². The van der Waals surface area contributed by atoms with Gasteiger partial charge in [0.15, 0.2) is 0 Å². The molecule has 0 bridgehead atoms. The molecule has 2 rings (SSSR count). The number of aromatic nitrogens is 1. The second-order valence-corrected chi connectivity index (χ2v) is 7.37. The molecule has 1 N–H and O–H groups in total. The van der Waals surface area contributed by atoms with E-state index in [9.17, 15) is 8.42 Å². The highest BCUT2D eigenvalue weighted by atomic mass is 32.2. The molecule has 1 aromatic heterocycles. The molecule has 112 valence electrons. The Morgan fingerprint density at radius 1 is 1.45 bits per heavy atom. The van der Waals surface area contributed by atoms with Gasteiger partial charge in [-0.3, -0.25) is 4.98 Å².